The third kappa shape index (κ3) is 5.71. The summed E-state index contributed by atoms with van der Waals surface area (Å²) in [4.78, 5) is 3.60. The van der Waals surface area contributed by atoms with Gasteiger partial charge in [0.05, 0.1) is 5.56 Å². The lowest BCUT2D eigenvalue weighted by Crippen LogP contribution is -2.31. The van der Waals surface area contributed by atoms with E-state index in [0.29, 0.717) is 0 Å². The molecule has 0 saturated heterocycles. The number of hydrogen-bond acceptors (Lipinski definition) is 2. The number of nitrogens with zero attached hydrogens (tertiary/aromatic N) is 1. The van der Waals surface area contributed by atoms with Gasteiger partial charge in [0.1, 0.15) is 11.5 Å². The minimum Gasteiger partial charge on any atom is -0.457 e. The zero-order valence-corrected chi connectivity index (χ0v) is 15.7. The summed E-state index contributed by atoms with van der Waals surface area (Å²) in [5, 5.41) is 2.54. The normalized spacial score (nSPS) is 11.7. The number of benzene rings is 2. The Morgan fingerprint density at radius 2 is 1.69 bits per heavy atom. The Morgan fingerprint density at radius 1 is 1.08 bits per heavy atom. The largest absolute Gasteiger partial charge is 0.457 e. The molecule has 0 spiro atoms. The Kier molecular flexibility index (Phi) is 7.60. The van der Waals surface area contributed by atoms with Crippen molar-refractivity contribution in [3.8, 4) is 11.5 Å². The third-order valence-corrected chi connectivity index (χ3v) is 3.21. The molecule has 0 heterocycles. The number of ether oxygens (including phenoxy) is 1. The van der Waals surface area contributed by atoms with Crippen molar-refractivity contribution in [1.29, 1.82) is 0 Å². The first-order valence-electron chi connectivity index (χ1n) is 7.00. The van der Waals surface area contributed by atoms with E-state index < -0.39 is 23.4 Å². The van der Waals surface area contributed by atoms with Crippen LogP contribution in [0.25, 0.3) is 0 Å². The molecule has 2 aromatic rings. The Labute approximate surface area is 163 Å². The smallest absolute Gasteiger partial charge is 0.416 e. The summed E-state index contributed by atoms with van der Waals surface area (Å²) in [5.74, 6) is -2.54. The van der Waals surface area contributed by atoms with Crippen LogP contribution in [0, 0.1) is 11.6 Å². The quantitative estimate of drug-likeness (QED) is 0.291. The number of nitrogens with two attached hydrogens (primary N) is 1. The minimum absolute atomic E-state index is 0. The summed E-state index contributed by atoms with van der Waals surface area (Å²) in [5.41, 5.74) is 4.39. The van der Waals surface area contributed by atoms with Crippen molar-refractivity contribution >= 4 is 29.9 Å². The SMILES string of the molecule is CN=C(N)NCc1ccc(Oc2ccc(F)c(F)c2)cc1C(F)(F)F.I. The van der Waals surface area contributed by atoms with Gasteiger partial charge in [-0.3, -0.25) is 4.99 Å². The zero-order chi connectivity index (χ0) is 18.6. The molecule has 0 aliphatic rings. The van der Waals surface area contributed by atoms with Crippen LogP contribution in [0.1, 0.15) is 11.1 Å². The van der Waals surface area contributed by atoms with Gasteiger partial charge in [-0.15, -0.1) is 24.0 Å². The first kappa shape index (κ1) is 21.9. The molecular weight excluding hydrogens is 472 g/mol. The highest BCUT2D eigenvalue weighted by Crippen LogP contribution is 2.35. The molecule has 26 heavy (non-hydrogen) atoms. The van der Waals surface area contributed by atoms with Crippen molar-refractivity contribution in [2.45, 2.75) is 12.7 Å². The Bertz CT molecular complexity index is 796. The summed E-state index contributed by atoms with van der Waals surface area (Å²) < 4.78 is 70.9. The van der Waals surface area contributed by atoms with Gasteiger partial charge in [0, 0.05) is 19.7 Å². The molecule has 0 aliphatic heterocycles. The molecule has 10 heteroatoms. The van der Waals surface area contributed by atoms with Crippen molar-refractivity contribution in [2.24, 2.45) is 10.7 Å². The van der Waals surface area contributed by atoms with Crippen molar-refractivity contribution < 1.29 is 26.7 Å². The van der Waals surface area contributed by atoms with E-state index in [0.717, 1.165) is 24.3 Å². The number of hydrogen-bond donors (Lipinski definition) is 2. The highest BCUT2D eigenvalue weighted by molar-refractivity contribution is 14.0. The molecule has 0 radical (unpaired) electrons. The van der Waals surface area contributed by atoms with E-state index in [1.807, 2.05) is 0 Å². The standard InChI is InChI=1S/C16H14F5N3O.HI/c1-23-15(22)24-8-9-2-3-10(6-12(9)16(19,20)21)25-11-4-5-13(17)14(18)7-11;/h2-7H,8H2,1H3,(H3,22,23,24);1H. The molecular formula is C16H15F5IN3O. The van der Waals surface area contributed by atoms with E-state index in [1.54, 1.807) is 0 Å². The maximum absolute atomic E-state index is 13.2. The maximum Gasteiger partial charge on any atom is 0.416 e. The van der Waals surface area contributed by atoms with Gasteiger partial charge in [0.15, 0.2) is 17.6 Å². The van der Waals surface area contributed by atoms with Gasteiger partial charge in [-0.05, 0) is 29.8 Å². The number of halogens is 6. The van der Waals surface area contributed by atoms with Crippen molar-refractivity contribution in [3.05, 3.63) is 59.2 Å². The Morgan fingerprint density at radius 3 is 2.27 bits per heavy atom. The van der Waals surface area contributed by atoms with Gasteiger partial charge in [-0.25, -0.2) is 8.78 Å². The molecule has 2 rings (SSSR count). The lowest BCUT2D eigenvalue weighted by molar-refractivity contribution is -0.138. The fourth-order valence-corrected chi connectivity index (χ4v) is 1.98. The van der Waals surface area contributed by atoms with Gasteiger partial charge in [0.2, 0.25) is 0 Å². The van der Waals surface area contributed by atoms with E-state index >= 15 is 0 Å². The molecule has 0 saturated carbocycles. The fraction of sp³-hybridized carbons (Fsp3) is 0.188. The Balaban J connectivity index is 0.00000338. The lowest BCUT2D eigenvalue weighted by Gasteiger charge is -2.15. The van der Waals surface area contributed by atoms with Crippen LogP contribution < -0.4 is 15.8 Å². The molecule has 2 aromatic carbocycles. The molecule has 3 N–H and O–H groups in total. The monoisotopic (exact) mass is 487 g/mol. The highest BCUT2D eigenvalue weighted by atomic mass is 127. The highest BCUT2D eigenvalue weighted by Gasteiger charge is 2.33. The number of nitrogens with one attached hydrogen (secondary N) is 1. The summed E-state index contributed by atoms with van der Waals surface area (Å²) in [6, 6.07) is 5.94. The van der Waals surface area contributed by atoms with Crippen LogP contribution >= 0.6 is 24.0 Å². The lowest BCUT2D eigenvalue weighted by atomic mass is 10.1. The predicted molar refractivity (Wildman–Crippen MR) is 97.7 cm³/mol. The fourth-order valence-electron chi connectivity index (χ4n) is 1.98. The van der Waals surface area contributed by atoms with Crippen molar-refractivity contribution in [3.63, 3.8) is 0 Å². The van der Waals surface area contributed by atoms with E-state index in [4.69, 9.17) is 10.5 Å². The van der Waals surface area contributed by atoms with E-state index in [2.05, 4.69) is 10.3 Å². The van der Waals surface area contributed by atoms with Crippen LogP contribution in [0.4, 0.5) is 22.0 Å². The van der Waals surface area contributed by atoms with Crippen LogP contribution in [-0.4, -0.2) is 13.0 Å². The molecule has 0 fully saturated rings. The summed E-state index contributed by atoms with van der Waals surface area (Å²) in [7, 11) is 1.39. The summed E-state index contributed by atoms with van der Waals surface area (Å²) >= 11 is 0. The average molecular weight is 487 g/mol. The number of alkyl halides is 3. The molecule has 142 valence electrons. The van der Waals surface area contributed by atoms with Crippen LogP contribution in [0.15, 0.2) is 41.4 Å². The molecule has 4 nitrogen and oxygen atoms in total. The zero-order valence-electron chi connectivity index (χ0n) is 13.4. The van der Waals surface area contributed by atoms with E-state index in [9.17, 15) is 22.0 Å². The van der Waals surface area contributed by atoms with Gasteiger partial charge in [-0.2, -0.15) is 13.2 Å². The predicted octanol–water partition coefficient (Wildman–Crippen LogP) is 4.43. The van der Waals surface area contributed by atoms with E-state index in [-0.39, 0.29) is 53.5 Å². The van der Waals surface area contributed by atoms with Crippen LogP contribution in [0.2, 0.25) is 0 Å². The third-order valence-electron chi connectivity index (χ3n) is 3.21. The van der Waals surface area contributed by atoms with Crippen LogP contribution in [0.5, 0.6) is 11.5 Å². The molecule has 0 aliphatic carbocycles. The van der Waals surface area contributed by atoms with Crippen molar-refractivity contribution in [2.75, 3.05) is 7.05 Å². The topological polar surface area (TPSA) is 59.6 Å². The average Bonchev–Trinajstić information content (AvgIpc) is 2.55. The summed E-state index contributed by atoms with van der Waals surface area (Å²) in [6.45, 7) is -0.191. The number of rotatable bonds is 4. The summed E-state index contributed by atoms with van der Waals surface area (Å²) in [6.07, 6.45) is -4.64. The van der Waals surface area contributed by atoms with Crippen LogP contribution in [0.3, 0.4) is 0 Å². The Hall–Kier alpha value is -2.11. The molecule has 0 amide bonds. The second-order valence-corrected chi connectivity index (χ2v) is 4.96. The first-order chi connectivity index (χ1) is 11.7. The van der Waals surface area contributed by atoms with Crippen LogP contribution in [-0.2, 0) is 12.7 Å². The molecule has 0 unspecified atom stereocenters. The second-order valence-electron chi connectivity index (χ2n) is 4.96. The molecule has 0 bridgehead atoms. The van der Waals surface area contributed by atoms with Gasteiger partial charge < -0.3 is 15.8 Å². The van der Waals surface area contributed by atoms with Gasteiger partial charge >= 0.3 is 6.18 Å². The van der Waals surface area contributed by atoms with E-state index in [1.165, 1.54) is 19.2 Å². The number of aliphatic imine (C=N–C) groups is 1. The second kappa shape index (κ2) is 9.01. The number of guanidine groups is 1. The first-order valence-corrected chi connectivity index (χ1v) is 7.00. The molecule has 0 aromatic heterocycles. The van der Waals surface area contributed by atoms with Gasteiger partial charge in [0.25, 0.3) is 0 Å². The minimum atomic E-state index is -4.64. The molecule has 0 atom stereocenters. The van der Waals surface area contributed by atoms with Crippen molar-refractivity contribution in [1.82, 2.24) is 5.32 Å². The van der Waals surface area contributed by atoms with Gasteiger partial charge in [-0.1, -0.05) is 6.07 Å². The maximum atomic E-state index is 13.2.